The molecule has 0 aliphatic rings. The highest BCUT2D eigenvalue weighted by Gasteiger charge is 2.15. The number of carbonyl (C=O) groups is 1. The van der Waals surface area contributed by atoms with Crippen LogP contribution in [-0.2, 0) is 7.05 Å². The normalized spacial score (nSPS) is 10.4. The number of carboxylic acids is 1. The Morgan fingerprint density at radius 2 is 1.94 bits per heavy atom. The molecule has 0 unspecified atom stereocenters. The van der Waals surface area contributed by atoms with E-state index in [0.717, 1.165) is 11.1 Å². The van der Waals surface area contributed by atoms with Gasteiger partial charge in [0.25, 0.3) is 0 Å². The Kier molecular flexibility index (Phi) is 2.48. The van der Waals surface area contributed by atoms with Gasteiger partial charge in [-0.2, -0.15) is 5.10 Å². The molecular formula is C12H12N2O2. The van der Waals surface area contributed by atoms with E-state index in [2.05, 4.69) is 5.10 Å². The zero-order valence-electron chi connectivity index (χ0n) is 9.14. The van der Waals surface area contributed by atoms with Crippen LogP contribution < -0.4 is 0 Å². The molecule has 82 valence electrons. The van der Waals surface area contributed by atoms with E-state index >= 15 is 0 Å². The molecule has 0 amide bonds. The van der Waals surface area contributed by atoms with Crippen LogP contribution in [0, 0.1) is 6.92 Å². The molecule has 1 N–H and O–H groups in total. The van der Waals surface area contributed by atoms with E-state index in [1.54, 1.807) is 13.2 Å². The summed E-state index contributed by atoms with van der Waals surface area (Å²) in [6.07, 6.45) is 1.72. The fraction of sp³-hybridized carbons (Fsp3) is 0.167. The zero-order valence-corrected chi connectivity index (χ0v) is 9.14. The van der Waals surface area contributed by atoms with Gasteiger partial charge in [0.15, 0.2) is 5.69 Å². The van der Waals surface area contributed by atoms with Gasteiger partial charge in [-0.15, -0.1) is 0 Å². The van der Waals surface area contributed by atoms with Crippen molar-refractivity contribution in [3.05, 3.63) is 41.7 Å². The number of aromatic carboxylic acids is 1. The first-order chi connectivity index (χ1) is 7.58. The van der Waals surface area contributed by atoms with Gasteiger partial charge in [0.1, 0.15) is 0 Å². The Morgan fingerprint density at radius 1 is 1.31 bits per heavy atom. The van der Waals surface area contributed by atoms with Crippen LogP contribution in [0.25, 0.3) is 11.1 Å². The summed E-state index contributed by atoms with van der Waals surface area (Å²) in [4.78, 5) is 11.0. The topological polar surface area (TPSA) is 55.1 Å². The third kappa shape index (κ3) is 1.82. The first-order valence-electron chi connectivity index (χ1n) is 4.92. The minimum atomic E-state index is -1.00. The van der Waals surface area contributed by atoms with Crippen LogP contribution in [0.3, 0.4) is 0 Å². The molecule has 1 heterocycles. The second-order valence-corrected chi connectivity index (χ2v) is 3.74. The lowest BCUT2D eigenvalue weighted by Gasteiger charge is -1.99. The highest BCUT2D eigenvalue weighted by molar-refractivity contribution is 5.93. The maximum Gasteiger partial charge on any atom is 0.357 e. The molecule has 1 aromatic carbocycles. The maximum atomic E-state index is 11.0. The van der Waals surface area contributed by atoms with Crippen LogP contribution in [0.5, 0.6) is 0 Å². The largest absolute Gasteiger partial charge is 0.476 e. The predicted octanol–water partition coefficient (Wildman–Crippen LogP) is 2.09. The Bertz CT molecular complexity index is 526. The monoisotopic (exact) mass is 216 g/mol. The first-order valence-corrected chi connectivity index (χ1v) is 4.92. The highest BCUT2D eigenvalue weighted by atomic mass is 16.4. The van der Waals surface area contributed by atoms with Gasteiger partial charge in [-0.3, -0.25) is 4.68 Å². The van der Waals surface area contributed by atoms with Crippen LogP contribution in [0.4, 0.5) is 0 Å². The zero-order chi connectivity index (χ0) is 11.7. The molecule has 1 aromatic heterocycles. The smallest absolute Gasteiger partial charge is 0.357 e. The third-order valence-electron chi connectivity index (χ3n) is 2.39. The molecule has 0 saturated carbocycles. The van der Waals surface area contributed by atoms with Crippen molar-refractivity contribution in [1.82, 2.24) is 9.78 Å². The van der Waals surface area contributed by atoms with E-state index in [1.807, 2.05) is 31.2 Å². The fourth-order valence-corrected chi connectivity index (χ4v) is 1.59. The van der Waals surface area contributed by atoms with E-state index in [1.165, 1.54) is 4.68 Å². The van der Waals surface area contributed by atoms with Crippen molar-refractivity contribution in [2.75, 3.05) is 0 Å². The molecule has 0 fully saturated rings. The van der Waals surface area contributed by atoms with Crippen molar-refractivity contribution in [2.24, 2.45) is 7.05 Å². The molecule has 2 rings (SSSR count). The summed E-state index contributed by atoms with van der Waals surface area (Å²) in [6.45, 7) is 1.99. The van der Waals surface area contributed by atoms with Gasteiger partial charge in [-0.05, 0) is 12.5 Å². The van der Waals surface area contributed by atoms with E-state index < -0.39 is 5.97 Å². The molecule has 2 aromatic rings. The number of nitrogens with zero attached hydrogens (tertiary/aromatic N) is 2. The minimum Gasteiger partial charge on any atom is -0.476 e. The molecule has 0 atom stereocenters. The molecule has 4 heteroatoms. The van der Waals surface area contributed by atoms with Gasteiger partial charge in [0.2, 0.25) is 0 Å². The number of aryl methyl sites for hydroxylation is 2. The Morgan fingerprint density at radius 3 is 2.50 bits per heavy atom. The number of aromatic nitrogens is 2. The molecule has 4 nitrogen and oxygen atoms in total. The van der Waals surface area contributed by atoms with Gasteiger partial charge in [0.05, 0.1) is 0 Å². The van der Waals surface area contributed by atoms with Crippen molar-refractivity contribution >= 4 is 5.97 Å². The molecular weight excluding hydrogens is 204 g/mol. The summed E-state index contributed by atoms with van der Waals surface area (Å²) >= 11 is 0. The molecule has 0 spiro atoms. The van der Waals surface area contributed by atoms with Crippen LogP contribution in [0.1, 0.15) is 16.1 Å². The van der Waals surface area contributed by atoms with Crippen molar-refractivity contribution in [2.45, 2.75) is 6.92 Å². The van der Waals surface area contributed by atoms with Crippen LogP contribution in [-0.4, -0.2) is 20.9 Å². The summed E-state index contributed by atoms with van der Waals surface area (Å²) in [7, 11) is 1.71. The second kappa shape index (κ2) is 3.81. The Balaban J connectivity index is 2.55. The van der Waals surface area contributed by atoms with Crippen molar-refractivity contribution in [3.8, 4) is 11.1 Å². The third-order valence-corrected chi connectivity index (χ3v) is 2.39. The van der Waals surface area contributed by atoms with Gasteiger partial charge in [-0.1, -0.05) is 29.8 Å². The van der Waals surface area contributed by atoms with E-state index in [0.29, 0.717) is 5.56 Å². The number of hydrogen-bond acceptors (Lipinski definition) is 2. The lowest BCUT2D eigenvalue weighted by atomic mass is 10.1. The summed E-state index contributed by atoms with van der Waals surface area (Å²) in [5, 5.41) is 12.9. The Labute approximate surface area is 93.1 Å². The second-order valence-electron chi connectivity index (χ2n) is 3.74. The summed E-state index contributed by atoms with van der Waals surface area (Å²) in [5.74, 6) is -1.00. The van der Waals surface area contributed by atoms with Gasteiger partial charge < -0.3 is 5.11 Å². The molecule has 0 bridgehead atoms. The summed E-state index contributed by atoms with van der Waals surface area (Å²) < 4.78 is 1.51. The van der Waals surface area contributed by atoms with E-state index in [-0.39, 0.29) is 5.69 Å². The average molecular weight is 216 g/mol. The number of hydrogen-bond donors (Lipinski definition) is 1. The molecule has 0 aliphatic heterocycles. The Hall–Kier alpha value is -2.10. The first kappa shape index (κ1) is 10.4. The molecule has 16 heavy (non-hydrogen) atoms. The SMILES string of the molecule is Cc1ccc(-c2cn(C)nc2C(=O)O)cc1. The number of benzene rings is 1. The van der Waals surface area contributed by atoms with Crippen LogP contribution in [0.2, 0.25) is 0 Å². The van der Waals surface area contributed by atoms with E-state index in [9.17, 15) is 4.79 Å². The lowest BCUT2D eigenvalue weighted by Crippen LogP contribution is -2.00. The summed E-state index contributed by atoms with van der Waals surface area (Å²) in [5.41, 5.74) is 2.75. The quantitative estimate of drug-likeness (QED) is 0.836. The van der Waals surface area contributed by atoms with Crippen LogP contribution in [0.15, 0.2) is 30.5 Å². The number of rotatable bonds is 2. The fourth-order valence-electron chi connectivity index (χ4n) is 1.59. The molecule has 0 radical (unpaired) electrons. The van der Waals surface area contributed by atoms with Gasteiger partial charge >= 0.3 is 5.97 Å². The highest BCUT2D eigenvalue weighted by Crippen LogP contribution is 2.23. The van der Waals surface area contributed by atoms with Crippen molar-refractivity contribution in [1.29, 1.82) is 0 Å². The molecule has 0 saturated heterocycles. The maximum absolute atomic E-state index is 11.0. The minimum absolute atomic E-state index is 0.0892. The lowest BCUT2D eigenvalue weighted by molar-refractivity contribution is 0.0690. The number of carboxylic acid groups (broad SMARTS) is 1. The van der Waals surface area contributed by atoms with Crippen molar-refractivity contribution < 1.29 is 9.90 Å². The van der Waals surface area contributed by atoms with E-state index in [4.69, 9.17) is 5.11 Å². The van der Waals surface area contributed by atoms with Gasteiger partial charge in [0, 0.05) is 18.8 Å². The standard InChI is InChI=1S/C12H12N2O2/c1-8-3-5-9(6-4-8)10-7-14(2)13-11(10)12(15)16/h3-7H,1-2H3,(H,15,16). The van der Waals surface area contributed by atoms with Gasteiger partial charge in [-0.25, -0.2) is 4.79 Å². The van der Waals surface area contributed by atoms with Crippen LogP contribution >= 0.6 is 0 Å². The summed E-state index contributed by atoms with van der Waals surface area (Å²) in [6, 6.07) is 7.71. The molecule has 0 aliphatic carbocycles. The predicted molar refractivity (Wildman–Crippen MR) is 60.3 cm³/mol. The van der Waals surface area contributed by atoms with Crippen molar-refractivity contribution in [3.63, 3.8) is 0 Å². The average Bonchev–Trinajstić information content (AvgIpc) is 2.61.